The first kappa shape index (κ1) is 14.6. The van der Waals surface area contributed by atoms with Crippen LogP contribution in [-0.2, 0) is 9.63 Å². The molecular weight excluding hydrogens is 214 g/mol. The van der Waals surface area contributed by atoms with Crippen molar-refractivity contribution >= 4 is 5.91 Å². The number of nitrogens with one attached hydrogen (secondary N) is 1. The van der Waals surface area contributed by atoms with Crippen LogP contribution in [0.15, 0.2) is 0 Å². The molecule has 1 N–H and O–H groups in total. The lowest BCUT2D eigenvalue weighted by atomic mass is 10.1. The number of amides is 1. The third-order valence-corrected chi connectivity index (χ3v) is 1.79. The SMILES string of the molecule is CN(C)CCC(=O)NC(C)(C)CO[N+](=O)[O-]. The summed E-state index contributed by atoms with van der Waals surface area (Å²) in [5.74, 6) is -0.148. The van der Waals surface area contributed by atoms with Crippen LogP contribution in [0.1, 0.15) is 20.3 Å². The summed E-state index contributed by atoms with van der Waals surface area (Å²) in [7, 11) is 3.74. The number of hydrogen-bond donors (Lipinski definition) is 1. The van der Waals surface area contributed by atoms with E-state index in [-0.39, 0.29) is 12.5 Å². The van der Waals surface area contributed by atoms with Crippen molar-refractivity contribution in [1.82, 2.24) is 10.2 Å². The summed E-state index contributed by atoms with van der Waals surface area (Å²) in [6, 6.07) is 0. The highest BCUT2D eigenvalue weighted by Crippen LogP contribution is 2.03. The van der Waals surface area contributed by atoms with Crippen LogP contribution in [0.25, 0.3) is 0 Å². The molecule has 0 aliphatic heterocycles. The second kappa shape index (κ2) is 6.26. The number of carbonyl (C=O) groups is 1. The quantitative estimate of drug-likeness (QED) is 0.496. The monoisotopic (exact) mass is 233 g/mol. The predicted octanol–water partition coefficient (Wildman–Crippen LogP) is 0.0412. The van der Waals surface area contributed by atoms with Gasteiger partial charge in [0, 0.05) is 13.0 Å². The Kier molecular flexibility index (Phi) is 5.73. The first-order valence-electron chi connectivity index (χ1n) is 4.96. The smallest absolute Gasteiger partial charge is 0.294 e. The molecule has 7 heteroatoms. The summed E-state index contributed by atoms with van der Waals surface area (Å²) >= 11 is 0. The average Bonchev–Trinajstić information content (AvgIpc) is 2.11. The molecule has 0 unspecified atom stereocenters. The normalized spacial score (nSPS) is 11.3. The lowest BCUT2D eigenvalue weighted by Gasteiger charge is -2.25. The van der Waals surface area contributed by atoms with Gasteiger partial charge in [0.15, 0.2) is 0 Å². The summed E-state index contributed by atoms with van der Waals surface area (Å²) in [5.41, 5.74) is -0.740. The Bertz CT molecular complexity index is 253. The Morgan fingerprint density at radius 3 is 2.50 bits per heavy atom. The van der Waals surface area contributed by atoms with E-state index in [9.17, 15) is 14.9 Å². The maximum atomic E-state index is 11.4. The molecule has 0 aromatic rings. The summed E-state index contributed by atoms with van der Waals surface area (Å²) in [5, 5.41) is 11.8. The summed E-state index contributed by atoms with van der Waals surface area (Å²) < 4.78 is 0. The fourth-order valence-electron chi connectivity index (χ4n) is 1.02. The first-order chi connectivity index (χ1) is 7.23. The number of hydrogen-bond acceptors (Lipinski definition) is 5. The maximum absolute atomic E-state index is 11.4. The van der Waals surface area contributed by atoms with Crippen molar-refractivity contribution in [3.8, 4) is 0 Å². The Morgan fingerprint density at radius 1 is 1.50 bits per heavy atom. The van der Waals surface area contributed by atoms with Crippen LogP contribution in [0.4, 0.5) is 0 Å². The van der Waals surface area contributed by atoms with Gasteiger partial charge >= 0.3 is 0 Å². The van der Waals surface area contributed by atoms with E-state index in [4.69, 9.17) is 0 Å². The highest BCUT2D eigenvalue weighted by Gasteiger charge is 2.21. The zero-order valence-electron chi connectivity index (χ0n) is 10.1. The lowest BCUT2D eigenvalue weighted by molar-refractivity contribution is -0.759. The molecule has 0 aliphatic carbocycles. The van der Waals surface area contributed by atoms with Crippen LogP contribution in [0, 0.1) is 10.1 Å². The van der Waals surface area contributed by atoms with E-state index in [0.717, 1.165) is 0 Å². The Balaban J connectivity index is 3.94. The van der Waals surface area contributed by atoms with Gasteiger partial charge in [-0.05, 0) is 27.9 Å². The topological polar surface area (TPSA) is 84.7 Å². The third-order valence-electron chi connectivity index (χ3n) is 1.79. The second-order valence-electron chi connectivity index (χ2n) is 4.48. The molecule has 0 heterocycles. The molecule has 1 amide bonds. The lowest BCUT2D eigenvalue weighted by Crippen LogP contribution is -2.47. The van der Waals surface area contributed by atoms with Gasteiger partial charge in [-0.1, -0.05) is 0 Å². The van der Waals surface area contributed by atoms with Crippen molar-refractivity contribution in [2.24, 2.45) is 0 Å². The van der Waals surface area contributed by atoms with E-state index >= 15 is 0 Å². The van der Waals surface area contributed by atoms with Gasteiger partial charge in [-0.3, -0.25) is 4.79 Å². The number of rotatable bonds is 7. The van der Waals surface area contributed by atoms with Crippen LogP contribution < -0.4 is 5.32 Å². The number of nitrogens with zero attached hydrogens (tertiary/aromatic N) is 2. The van der Waals surface area contributed by atoms with Crippen LogP contribution in [0.2, 0.25) is 0 Å². The van der Waals surface area contributed by atoms with Gasteiger partial charge < -0.3 is 15.1 Å². The molecule has 0 rings (SSSR count). The van der Waals surface area contributed by atoms with Gasteiger partial charge in [-0.2, -0.15) is 0 Å². The molecular formula is C9H19N3O4. The van der Waals surface area contributed by atoms with Crippen LogP contribution in [0.3, 0.4) is 0 Å². The molecule has 0 saturated heterocycles. The van der Waals surface area contributed by atoms with E-state index in [2.05, 4.69) is 10.2 Å². The van der Waals surface area contributed by atoms with Crippen molar-refractivity contribution in [1.29, 1.82) is 0 Å². The fraction of sp³-hybridized carbons (Fsp3) is 0.889. The zero-order valence-corrected chi connectivity index (χ0v) is 10.1. The molecule has 0 aromatic carbocycles. The highest BCUT2D eigenvalue weighted by molar-refractivity contribution is 5.76. The average molecular weight is 233 g/mol. The van der Waals surface area contributed by atoms with Gasteiger partial charge in [-0.25, -0.2) is 0 Å². The standard InChI is InChI=1S/C9H19N3O4/c1-9(2,7-16-12(14)15)10-8(13)5-6-11(3)4/h5-7H2,1-4H3,(H,10,13). The van der Waals surface area contributed by atoms with Crippen molar-refractivity contribution in [3.05, 3.63) is 10.1 Å². The number of carbonyl (C=O) groups excluding carboxylic acids is 1. The molecule has 0 bridgehead atoms. The highest BCUT2D eigenvalue weighted by atomic mass is 16.9. The largest absolute Gasteiger partial charge is 0.349 e. The van der Waals surface area contributed by atoms with Gasteiger partial charge in [-0.15, -0.1) is 10.1 Å². The van der Waals surface area contributed by atoms with Crippen molar-refractivity contribution in [2.75, 3.05) is 27.2 Å². The van der Waals surface area contributed by atoms with Gasteiger partial charge in [0.05, 0.1) is 5.54 Å². The third kappa shape index (κ3) is 7.98. The van der Waals surface area contributed by atoms with Gasteiger partial charge in [0.25, 0.3) is 5.09 Å². The molecule has 0 radical (unpaired) electrons. The van der Waals surface area contributed by atoms with E-state index in [0.29, 0.717) is 13.0 Å². The molecule has 0 spiro atoms. The van der Waals surface area contributed by atoms with Crippen LogP contribution >= 0.6 is 0 Å². The molecule has 0 aromatic heterocycles. The molecule has 0 fully saturated rings. The Morgan fingerprint density at radius 2 is 2.06 bits per heavy atom. The molecule has 7 nitrogen and oxygen atoms in total. The minimum absolute atomic E-state index is 0.148. The zero-order chi connectivity index (χ0) is 12.8. The molecule has 94 valence electrons. The van der Waals surface area contributed by atoms with E-state index in [1.54, 1.807) is 13.8 Å². The first-order valence-corrected chi connectivity index (χ1v) is 4.96. The van der Waals surface area contributed by atoms with Gasteiger partial charge in [0.2, 0.25) is 5.91 Å². The minimum Gasteiger partial charge on any atom is -0.349 e. The van der Waals surface area contributed by atoms with Crippen molar-refractivity contribution in [2.45, 2.75) is 25.8 Å². The molecule has 0 atom stereocenters. The minimum atomic E-state index is -0.867. The van der Waals surface area contributed by atoms with Crippen LogP contribution in [0.5, 0.6) is 0 Å². The van der Waals surface area contributed by atoms with Crippen LogP contribution in [-0.4, -0.2) is 48.7 Å². The molecule has 0 saturated carbocycles. The van der Waals surface area contributed by atoms with Gasteiger partial charge in [0.1, 0.15) is 6.61 Å². The Hall–Kier alpha value is -1.37. The maximum Gasteiger partial charge on any atom is 0.294 e. The van der Waals surface area contributed by atoms with Crippen molar-refractivity contribution in [3.63, 3.8) is 0 Å². The van der Waals surface area contributed by atoms with E-state index in [1.165, 1.54) is 0 Å². The second-order valence-corrected chi connectivity index (χ2v) is 4.48. The van der Waals surface area contributed by atoms with Crippen molar-refractivity contribution < 1.29 is 14.7 Å². The Labute approximate surface area is 94.9 Å². The summed E-state index contributed by atoms with van der Waals surface area (Å²) in [4.78, 5) is 27.6. The molecule has 16 heavy (non-hydrogen) atoms. The summed E-state index contributed by atoms with van der Waals surface area (Å²) in [6.07, 6.45) is 0.356. The van der Waals surface area contributed by atoms with E-state index < -0.39 is 10.6 Å². The molecule has 0 aliphatic rings. The summed E-state index contributed by atoms with van der Waals surface area (Å²) in [6.45, 7) is 3.82. The van der Waals surface area contributed by atoms with E-state index in [1.807, 2.05) is 19.0 Å². The fourth-order valence-corrected chi connectivity index (χ4v) is 1.02. The predicted molar refractivity (Wildman–Crippen MR) is 58.3 cm³/mol.